The molecule has 0 fully saturated rings. The van der Waals surface area contributed by atoms with E-state index in [1.807, 2.05) is 44.2 Å². The number of hydrogen-bond acceptors (Lipinski definition) is 3. The van der Waals surface area contributed by atoms with E-state index in [4.69, 9.17) is 4.74 Å². The molecule has 0 heterocycles. The predicted octanol–water partition coefficient (Wildman–Crippen LogP) is 3.90. The highest BCUT2D eigenvalue weighted by Gasteiger charge is 2.22. The lowest BCUT2D eigenvalue weighted by Crippen LogP contribution is -2.31. The zero-order valence-corrected chi connectivity index (χ0v) is 13.7. The van der Waals surface area contributed by atoms with Crippen LogP contribution in [0.1, 0.15) is 20.3 Å². The van der Waals surface area contributed by atoms with Crippen LogP contribution in [0.4, 0.5) is 0 Å². The monoisotopic (exact) mass is 319 g/mol. The Kier molecular flexibility index (Phi) is 5.57. The first kappa shape index (κ1) is 16.5. The average Bonchev–Trinajstić information content (AvgIpc) is 2.54. The third-order valence-corrected chi connectivity index (χ3v) is 5.25. The van der Waals surface area contributed by atoms with Gasteiger partial charge in [-0.1, -0.05) is 32.0 Å². The van der Waals surface area contributed by atoms with Gasteiger partial charge in [-0.25, -0.2) is 8.42 Å². The molecule has 0 aliphatic carbocycles. The predicted molar refractivity (Wildman–Crippen MR) is 87.7 cm³/mol. The van der Waals surface area contributed by atoms with E-state index in [-0.39, 0.29) is 0 Å². The van der Waals surface area contributed by atoms with Crippen LogP contribution >= 0.6 is 0 Å². The van der Waals surface area contributed by atoms with Crippen molar-refractivity contribution in [2.24, 2.45) is 0 Å². The van der Waals surface area contributed by atoms with Gasteiger partial charge in [-0.15, -0.1) is 0 Å². The maximum Gasteiger partial charge on any atom is 0.243 e. The van der Waals surface area contributed by atoms with E-state index >= 15 is 0 Å². The van der Waals surface area contributed by atoms with Gasteiger partial charge >= 0.3 is 0 Å². The summed E-state index contributed by atoms with van der Waals surface area (Å²) in [5.74, 6) is 1.34. The summed E-state index contributed by atoms with van der Waals surface area (Å²) in [6, 6.07) is 15.9. The Morgan fingerprint density at radius 3 is 2.05 bits per heavy atom. The molecule has 0 spiro atoms. The lowest BCUT2D eigenvalue weighted by atomic mass is 10.3. The van der Waals surface area contributed by atoms with Crippen molar-refractivity contribution in [3.8, 4) is 11.5 Å². The normalized spacial score (nSPS) is 11.6. The van der Waals surface area contributed by atoms with Crippen LogP contribution in [0.3, 0.4) is 0 Å². The maximum absolute atomic E-state index is 12.5. The Balaban J connectivity index is 2.17. The van der Waals surface area contributed by atoms with Gasteiger partial charge in [-0.3, -0.25) is 0 Å². The molecule has 2 aromatic carbocycles. The van der Waals surface area contributed by atoms with Gasteiger partial charge in [-0.2, -0.15) is 4.31 Å². The summed E-state index contributed by atoms with van der Waals surface area (Å²) in [6.45, 7) is 4.81. The number of ether oxygens (including phenoxy) is 1. The standard InChI is InChI=1S/C17H21NO3S/c1-3-14-18(4-2)22(19,20)17-12-10-16(11-13-17)21-15-8-6-5-7-9-15/h5-13H,3-4,14H2,1-2H3. The van der Waals surface area contributed by atoms with E-state index in [2.05, 4.69) is 0 Å². The van der Waals surface area contributed by atoms with E-state index in [9.17, 15) is 8.42 Å². The molecule has 0 saturated carbocycles. The molecule has 4 nitrogen and oxygen atoms in total. The van der Waals surface area contributed by atoms with Crippen molar-refractivity contribution in [2.75, 3.05) is 13.1 Å². The van der Waals surface area contributed by atoms with Gasteiger partial charge in [0.1, 0.15) is 11.5 Å². The molecule has 2 rings (SSSR count). The Labute approximate surface area is 132 Å². The fourth-order valence-corrected chi connectivity index (χ4v) is 3.69. The highest BCUT2D eigenvalue weighted by atomic mass is 32.2. The third-order valence-electron chi connectivity index (χ3n) is 3.27. The highest BCUT2D eigenvalue weighted by molar-refractivity contribution is 7.89. The second-order valence-corrected chi connectivity index (χ2v) is 6.82. The summed E-state index contributed by atoms with van der Waals surface area (Å²) in [5.41, 5.74) is 0. The van der Waals surface area contributed by atoms with Crippen LogP contribution in [0.2, 0.25) is 0 Å². The van der Waals surface area contributed by atoms with Crippen LogP contribution < -0.4 is 4.74 Å². The number of para-hydroxylation sites is 1. The van der Waals surface area contributed by atoms with Gasteiger partial charge in [0, 0.05) is 13.1 Å². The fraction of sp³-hybridized carbons (Fsp3) is 0.294. The van der Waals surface area contributed by atoms with Crippen molar-refractivity contribution >= 4 is 10.0 Å². The molecule has 0 radical (unpaired) electrons. The van der Waals surface area contributed by atoms with Crippen molar-refractivity contribution in [3.63, 3.8) is 0 Å². The summed E-state index contributed by atoms with van der Waals surface area (Å²) in [7, 11) is -3.43. The average molecular weight is 319 g/mol. The number of nitrogens with zero attached hydrogens (tertiary/aromatic N) is 1. The Morgan fingerprint density at radius 2 is 1.50 bits per heavy atom. The zero-order chi connectivity index (χ0) is 16.0. The van der Waals surface area contributed by atoms with Crippen molar-refractivity contribution in [2.45, 2.75) is 25.2 Å². The molecular formula is C17H21NO3S. The lowest BCUT2D eigenvalue weighted by molar-refractivity contribution is 0.427. The molecule has 118 valence electrons. The van der Waals surface area contributed by atoms with Crippen LogP contribution in [0.5, 0.6) is 11.5 Å². The van der Waals surface area contributed by atoms with Crippen molar-refractivity contribution in [1.82, 2.24) is 4.31 Å². The first-order chi connectivity index (χ1) is 10.6. The second kappa shape index (κ2) is 7.42. The molecular weight excluding hydrogens is 298 g/mol. The smallest absolute Gasteiger partial charge is 0.243 e. The molecule has 2 aromatic rings. The van der Waals surface area contributed by atoms with E-state index in [0.29, 0.717) is 23.7 Å². The Bertz CT molecular complexity index is 682. The molecule has 0 saturated heterocycles. The maximum atomic E-state index is 12.5. The molecule has 0 aliphatic heterocycles. The van der Waals surface area contributed by atoms with Crippen molar-refractivity contribution in [1.29, 1.82) is 0 Å². The highest BCUT2D eigenvalue weighted by Crippen LogP contribution is 2.24. The molecule has 0 N–H and O–H groups in total. The van der Waals surface area contributed by atoms with E-state index in [1.165, 1.54) is 4.31 Å². The van der Waals surface area contributed by atoms with Gasteiger partial charge < -0.3 is 4.74 Å². The molecule has 22 heavy (non-hydrogen) atoms. The van der Waals surface area contributed by atoms with Gasteiger partial charge in [0.25, 0.3) is 0 Å². The van der Waals surface area contributed by atoms with Crippen LogP contribution in [-0.4, -0.2) is 25.8 Å². The number of rotatable bonds is 7. The zero-order valence-electron chi connectivity index (χ0n) is 12.9. The third kappa shape index (κ3) is 3.87. The first-order valence-electron chi connectivity index (χ1n) is 7.41. The second-order valence-electron chi connectivity index (χ2n) is 4.88. The topological polar surface area (TPSA) is 46.6 Å². The molecule has 0 aromatic heterocycles. The minimum atomic E-state index is -3.43. The molecule has 0 aliphatic rings. The minimum Gasteiger partial charge on any atom is -0.457 e. The quantitative estimate of drug-likeness (QED) is 0.777. The molecule has 0 amide bonds. The van der Waals surface area contributed by atoms with Crippen LogP contribution in [0, 0.1) is 0 Å². The first-order valence-corrected chi connectivity index (χ1v) is 8.85. The fourth-order valence-electron chi connectivity index (χ4n) is 2.15. The molecule has 5 heteroatoms. The summed E-state index contributed by atoms with van der Waals surface area (Å²) in [5, 5.41) is 0. The Morgan fingerprint density at radius 1 is 0.909 bits per heavy atom. The summed E-state index contributed by atoms with van der Waals surface area (Å²) in [4.78, 5) is 0.295. The van der Waals surface area contributed by atoms with E-state index in [1.54, 1.807) is 24.3 Å². The van der Waals surface area contributed by atoms with Gasteiger partial charge in [0.2, 0.25) is 10.0 Å². The van der Waals surface area contributed by atoms with Crippen molar-refractivity contribution < 1.29 is 13.2 Å². The van der Waals surface area contributed by atoms with Gasteiger partial charge in [0.15, 0.2) is 0 Å². The van der Waals surface area contributed by atoms with Crippen molar-refractivity contribution in [3.05, 3.63) is 54.6 Å². The summed E-state index contributed by atoms with van der Waals surface area (Å²) >= 11 is 0. The minimum absolute atomic E-state index is 0.295. The van der Waals surface area contributed by atoms with Crippen LogP contribution in [0.25, 0.3) is 0 Å². The van der Waals surface area contributed by atoms with Gasteiger partial charge in [-0.05, 0) is 42.8 Å². The van der Waals surface area contributed by atoms with Crippen LogP contribution in [0.15, 0.2) is 59.5 Å². The van der Waals surface area contributed by atoms with Gasteiger partial charge in [0.05, 0.1) is 4.90 Å². The SMILES string of the molecule is CCCN(CC)S(=O)(=O)c1ccc(Oc2ccccc2)cc1. The lowest BCUT2D eigenvalue weighted by Gasteiger charge is -2.19. The Hall–Kier alpha value is -1.85. The summed E-state index contributed by atoms with van der Waals surface area (Å²) < 4.78 is 32.2. The number of hydrogen-bond donors (Lipinski definition) is 0. The van der Waals surface area contributed by atoms with E-state index < -0.39 is 10.0 Å². The van der Waals surface area contributed by atoms with Crippen LogP contribution in [-0.2, 0) is 10.0 Å². The molecule has 0 atom stereocenters. The molecule has 0 unspecified atom stereocenters. The van der Waals surface area contributed by atoms with E-state index in [0.717, 1.165) is 12.2 Å². The molecule has 0 bridgehead atoms. The largest absolute Gasteiger partial charge is 0.457 e. The number of sulfonamides is 1. The number of benzene rings is 2. The summed E-state index contributed by atoms with van der Waals surface area (Å²) in [6.07, 6.45) is 0.794.